The lowest BCUT2D eigenvalue weighted by molar-refractivity contribution is 0.263. The van der Waals surface area contributed by atoms with E-state index in [4.69, 9.17) is 55.3 Å². The van der Waals surface area contributed by atoms with Gasteiger partial charge in [-0.15, -0.1) is 0 Å². The number of ether oxygens (including phenoxy) is 1. The van der Waals surface area contributed by atoms with E-state index in [0.717, 1.165) is 17.4 Å². The summed E-state index contributed by atoms with van der Waals surface area (Å²) in [5.41, 5.74) is 1.62. The van der Waals surface area contributed by atoms with Crippen LogP contribution in [0.4, 0.5) is 0 Å². The van der Waals surface area contributed by atoms with E-state index in [1.54, 1.807) is 30.3 Å². The summed E-state index contributed by atoms with van der Waals surface area (Å²) in [6.07, 6.45) is 2.25. The first-order chi connectivity index (χ1) is 13.1. The monoisotopic (exact) mass is 484 g/mol. The Kier molecular flexibility index (Phi) is 8.74. The molecule has 0 aliphatic rings. The Hall–Kier alpha value is -0.690. The SMILES string of the molecule is Cc1cc(Cl)cc(Cl)c1OCCCC(COS(C)(=O)=O)c1ccc(Cl)cc1Cl. The Bertz CT molecular complexity index is 909. The fourth-order valence-corrected chi connectivity index (χ4v) is 4.37. The van der Waals surface area contributed by atoms with Crippen molar-refractivity contribution in [1.29, 1.82) is 0 Å². The fourth-order valence-electron chi connectivity index (χ4n) is 2.74. The molecule has 0 aliphatic heterocycles. The van der Waals surface area contributed by atoms with Gasteiger partial charge in [-0.1, -0.05) is 52.5 Å². The molecule has 154 valence electrons. The first-order valence-corrected chi connectivity index (χ1v) is 11.8. The molecule has 1 atom stereocenters. The van der Waals surface area contributed by atoms with Crippen molar-refractivity contribution in [1.82, 2.24) is 0 Å². The summed E-state index contributed by atoms with van der Waals surface area (Å²) >= 11 is 24.4. The summed E-state index contributed by atoms with van der Waals surface area (Å²) in [4.78, 5) is 0. The number of halogens is 4. The van der Waals surface area contributed by atoms with E-state index in [1.807, 2.05) is 6.92 Å². The second-order valence-corrected chi connectivity index (χ2v) is 9.71. The predicted octanol–water partition coefficient (Wildman–Crippen LogP) is 6.53. The molecule has 4 nitrogen and oxygen atoms in total. The zero-order valence-electron chi connectivity index (χ0n) is 15.3. The topological polar surface area (TPSA) is 52.6 Å². The second-order valence-electron chi connectivity index (χ2n) is 6.38. The minimum absolute atomic E-state index is 0.0130. The van der Waals surface area contributed by atoms with Gasteiger partial charge < -0.3 is 4.74 Å². The standard InChI is InChI=1S/C19H20Cl4O4S/c1-12-8-15(21)10-18(23)19(12)26-7-3-4-13(11-27-28(2,24)25)16-6-5-14(20)9-17(16)22/h5-6,8-10,13H,3-4,7,11H2,1-2H3. The van der Waals surface area contributed by atoms with Crippen molar-refractivity contribution in [2.45, 2.75) is 25.7 Å². The molecule has 0 N–H and O–H groups in total. The first-order valence-electron chi connectivity index (χ1n) is 8.44. The van der Waals surface area contributed by atoms with Gasteiger partial charge in [0.15, 0.2) is 0 Å². The lowest BCUT2D eigenvalue weighted by Gasteiger charge is -2.19. The van der Waals surface area contributed by atoms with Gasteiger partial charge in [-0.25, -0.2) is 0 Å². The van der Waals surface area contributed by atoms with E-state index in [0.29, 0.717) is 45.3 Å². The molecule has 28 heavy (non-hydrogen) atoms. The Morgan fingerprint density at radius 1 is 1.00 bits per heavy atom. The maximum Gasteiger partial charge on any atom is 0.264 e. The highest BCUT2D eigenvalue weighted by molar-refractivity contribution is 7.85. The summed E-state index contributed by atoms with van der Waals surface area (Å²) in [5, 5.41) is 1.97. The molecule has 9 heteroatoms. The van der Waals surface area contributed by atoms with E-state index in [1.165, 1.54) is 0 Å². The van der Waals surface area contributed by atoms with Crippen LogP contribution in [0.1, 0.15) is 29.9 Å². The quantitative estimate of drug-likeness (QED) is 0.299. The third-order valence-electron chi connectivity index (χ3n) is 4.02. The van der Waals surface area contributed by atoms with Crippen LogP contribution < -0.4 is 4.74 Å². The van der Waals surface area contributed by atoms with Crippen molar-refractivity contribution < 1.29 is 17.3 Å². The van der Waals surface area contributed by atoms with Crippen molar-refractivity contribution >= 4 is 56.5 Å². The van der Waals surface area contributed by atoms with Crippen LogP contribution in [0.15, 0.2) is 30.3 Å². The minimum Gasteiger partial charge on any atom is -0.492 e. The molecule has 0 radical (unpaired) electrons. The Morgan fingerprint density at radius 2 is 1.68 bits per heavy atom. The molecule has 0 fully saturated rings. The molecule has 0 aliphatic carbocycles. The zero-order chi connectivity index (χ0) is 20.9. The van der Waals surface area contributed by atoms with E-state index in [-0.39, 0.29) is 12.5 Å². The molecule has 1 unspecified atom stereocenters. The smallest absolute Gasteiger partial charge is 0.264 e. The number of aryl methyl sites for hydroxylation is 1. The van der Waals surface area contributed by atoms with Gasteiger partial charge in [0.1, 0.15) is 5.75 Å². The van der Waals surface area contributed by atoms with Crippen LogP contribution in [0.3, 0.4) is 0 Å². The van der Waals surface area contributed by atoms with Gasteiger partial charge in [0.2, 0.25) is 0 Å². The maximum absolute atomic E-state index is 11.4. The van der Waals surface area contributed by atoms with Gasteiger partial charge in [-0.05, 0) is 55.2 Å². The predicted molar refractivity (Wildman–Crippen MR) is 116 cm³/mol. The van der Waals surface area contributed by atoms with E-state index >= 15 is 0 Å². The lowest BCUT2D eigenvalue weighted by Crippen LogP contribution is -2.14. The van der Waals surface area contributed by atoms with E-state index in [9.17, 15) is 8.42 Å². The lowest BCUT2D eigenvalue weighted by atomic mass is 9.95. The van der Waals surface area contributed by atoms with Crippen molar-refractivity contribution in [2.75, 3.05) is 19.5 Å². The average Bonchev–Trinajstić information content (AvgIpc) is 2.55. The molecule has 0 aromatic heterocycles. The van der Waals surface area contributed by atoms with Gasteiger partial charge in [0, 0.05) is 21.0 Å². The summed E-state index contributed by atoms with van der Waals surface area (Å²) in [7, 11) is -3.57. The molecule has 0 saturated carbocycles. The van der Waals surface area contributed by atoms with Crippen molar-refractivity contribution in [3.05, 3.63) is 61.5 Å². The summed E-state index contributed by atoms with van der Waals surface area (Å²) < 4.78 is 33.6. The Labute approximate surface area is 185 Å². The fraction of sp³-hybridized carbons (Fsp3) is 0.368. The van der Waals surface area contributed by atoms with Gasteiger partial charge in [0.05, 0.1) is 24.5 Å². The molecule has 2 rings (SSSR count). The van der Waals surface area contributed by atoms with Gasteiger partial charge in [-0.3, -0.25) is 4.18 Å². The highest BCUT2D eigenvalue weighted by Crippen LogP contribution is 2.33. The van der Waals surface area contributed by atoms with Gasteiger partial charge in [0.25, 0.3) is 10.1 Å². The Morgan fingerprint density at radius 3 is 2.29 bits per heavy atom. The van der Waals surface area contributed by atoms with Crippen LogP contribution >= 0.6 is 46.4 Å². The molecular weight excluding hydrogens is 466 g/mol. The normalized spacial score (nSPS) is 12.8. The molecule has 0 bridgehead atoms. The second kappa shape index (κ2) is 10.4. The van der Waals surface area contributed by atoms with Gasteiger partial charge in [-0.2, -0.15) is 8.42 Å². The van der Waals surface area contributed by atoms with Crippen molar-refractivity contribution in [3.8, 4) is 5.75 Å². The highest BCUT2D eigenvalue weighted by atomic mass is 35.5. The average molecular weight is 486 g/mol. The molecule has 0 spiro atoms. The Balaban J connectivity index is 2.04. The van der Waals surface area contributed by atoms with Crippen LogP contribution in [0.25, 0.3) is 0 Å². The van der Waals surface area contributed by atoms with E-state index in [2.05, 4.69) is 0 Å². The molecule has 0 saturated heterocycles. The third kappa shape index (κ3) is 7.29. The molecule has 0 amide bonds. The van der Waals surface area contributed by atoms with Gasteiger partial charge >= 0.3 is 0 Å². The zero-order valence-corrected chi connectivity index (χ0v) is 19.2. The molecule has 0 heterocycles. The first kappa shape index (κ1) is 23.6. The van der Waals surface area contributed by atoms with Crippen molar-refractivity contribution in [2.24, 2.45) is 0 Å². The van der Waals surface area contributed by atoms with Crippen LogP contribution in [-0.4, -0.2) is 27.9 Å². The summed E-state index contributed by atoms with van der Waals surface area (Å²) in [6, 6.07) is 8.52. The number of benzene rings is 2. The number of hydrogen-bond donors (Lipinski definition) is 0. The number of rotatable bonds is 9. The third-order valence-corrected chi connectivity index (χ3v) is 5.65. The largest absolute Gasteiger partial charge is 0.492 e. The van der Waals surface area contributed by atoms with E-state index < -0.39 is 10.1 Å². The van der Waals surface area contributed by atoms with Crippen LogP contribution in [0, 0.1) is 6.92 Å². The molecule has 2 aromatic carbocycles. The maximum atomic E-state index is 11.4. The van der Waals surface area contributed by atoms with Crippen LogP contribution in [0.5, 0.6) is 5.75 Å². The summed E-state index contributed by atoms with van der Waals surface area (Å²) in [5.74, 6) is 0.351. The molecule has 2 aromatic rings. The molecular formula is C19H20Cl4O4S. The number of hydrogen-bond acceptors (Lipinski definition) is 4. The highest BCUT2D eigenvalue weighted by Gasteiger charge is 2.18. The minimum atomic E-state index is -3.57. The van der Waals surface area contributed by atoms with Crippen LogP contribution in [-0.2, 0) is 14.3 Å². The summed E-state index contributed by atoms with van der Waals surface area (Å²) in [6.45, 7) is 2.24. The van der Waals surface area contributed by atoms with Crippen LogP contribution in [0.2, 0.25) is 20.1 Å². The van der Waals surface area contributed by atoms with Crippen molar-refractivity contribution in [3.63, 3.8) is 0 Å².